The Bertz CT molecular complexity index is 795. The number of amides is 3. The number of pyridine rings is 1. The smallest absolute Gasteiger partial charge is 0.326 e. The van der Waals surface area contributed by atoms with Crippen LogP contribution < -0.4 is 16.0 Å². The minimum absolute atomic E-state index is 0.0912. The summed E-state index contributed by atoms with van der Waals surface area (Å²) >= 11 is 0. The molecule has 0 aromatic carbocycles. The number of nitrogens with zero attached hydrogens (tertiary/aromatic N) is 1. The summed E-state index contributed by atoms with van der Waals surface area (Å²) in [5.74, 6) is -3.06. The summed E-state index contributed by atoms with van der Waals surface area (Å²) in [7, 11) is 0. The number of carbonyl (C=O) groups is 5. The zero-order valence-corrected chi connectivity index (χ0v) is 17.5. The van der Waals surface area contributed by atoms with Gasteiger partial charge < -0.3 is 26.2 Å². The molecule has 1 aromatic heterocycles. The number of aromatic nitrogens is 1. The maximum absolute atomic E-state index is 12.0. The molecule has 0 fully saturated rings. The Morgan fingerprint density at radius 2 is 1.68 bits per heavy atom. The van der Waals surface area contributed by atoms with E-state index >= 15 is 0 Å². The van der Waals surface area contributed by atoms with Crippen molar-refractivity contribution in [3.63, 3.8) is 0 Å². The maximum atomic E-state index is 12.0. The summed E-state index contributed by atoms with van der Waals surface area (Å²) in [4.78, 5) is 61.6. The monoisotopic (exact) mass is 436 g/mol. The Morgan fingerprint density at radius 3 is 2.23 bits per heavy atom. The summed E-state index contributed by atoms with van der Waals surface area (Å²) in [6.45, 7) is 3.35. The van der Waals surface area contributed by atoms with Crippen molar-refractivity contribution in [2.24, 2.45) is 0 Å². The Morgan fingerprint density at radius 1 is 1.00 bits per heavy atom. The van der Waals surface area contributed by atoms with Crippen LogP contribution in [0.3, 0.4) is 0 Å². The van der Waals surface area contributed by atoms with Crippen molar-refractivity contribution in [2.75, 3.05) is 6.54 Å². The van der Waals surface area contributed by atoms with E-state index in [4.69, 9.17) is 5.11 Å². The number of urea groups is 1. The van der Waals surface area contributed by atoms with Gasteiger partial charge in [-0.05, 0) is 51.7 Å². The average molecular weight is 436 g/mol. The molecule has 11 nitrogen and oxygen atoms in total. The summed E-state index contributed by atoms with van der Waals surface area (Å²) in [6.07, 6.45) is 2.10. The molecule has 0 bridgehead atoms. The molecular weight excluding hydrogens is 408 g/mol. The first-order chi connectivity index (χ1) is 14.6. The van der Waals surface area contributed by atoms with Crippen LogP contribution in [-0.4, -0.2) is 63.5 Å². The number of hydrogen-bond donors (Lipinski definition) is 5. The van der Waals surface area contributed by atoms with Gasteiger partial charge in [0.25, 0.3) is 5.91 Å². The van der Waals surface area contributed by atoms with Crippen molar-refractivity contribution in [3.05, 3.63) is 29.6 Å². The third kappa shape index (κ3) is 10.2. The van der Waals surface area contributed by atoms with E-state index in [0.717, 1.165) is 5.69 Å². The normalized spacial score (nSPS) is 12.3. The molecule has 0 radical (unpaired) electrons. The van der Waals surface area contributed by atoms with Gasteiger partial charge in [0.1, 0.15) is 6.04 Å². The fourth-order valence-corrected chi connectivity index (χ4v) is 2.64. The molecule has 0 spiro atoms. The molecular formula is C20H28N4O7. The van der Waals surface area contributed by atoms with Gasteiger partial charge in [-0.2, -0.15) is 0 Å². The minimum atomic E-state index is -1.24. The number of ketones is 1. The molecule has 11 heteroatoms. The van der Waals surface area contributed by atoms with Crippen LogP contribution in [0.1, 0.15) is 55.1 Å². The lowest BCUT2D eigenvalue weighted by atomic mass is 10.1. The number of Topliss-reactive ketones (excluding diaryl/α,β-unsaturated/α-hetero) is 1. The predicted molar refractivity (Wildman–Crippen MR) is 110 cm³/mol. The van der Waals surface area contributed by atoms with E-state index in [9.17, 15) is 29.1 Å². The molecule has 0 aliphatic rings. The summed E-state index contributed by atoms with van der Waals surface area (Å²) in [6, 6.07) is 0.312. The SMILES string of the molecule is CC(=O)[C@H](CCC(=O)O)NC(=O)N[C@@H](CCCCNC(=O)c1ccc(C)nc1)C(=O)O. The Hall–Kier alpha value is -3.50. The second-order valence-corrected chi connectivity index (χ2v) is 7.04. The van der Waals surface area contributed by atoms with E-state index in [1.54, 1.807) is 12.1 Å². The molecule has 0 saturated heterocycles. The number of carboxylic acids is 2. The zero-order valence-electron chi connectivity index (χ0n) is 17.5. The van der Waals surface area contributed by atoms with Gasteiger partial charge in [0.05, 0.1) is 11.6 Å². The molecule has 1 rings (SSSR count). The summed E-state index contributed by atoms with van der Waals surface area (Å²) < 4.78 is 0. The number of aryl methyl sites for hydroxylation is 1. The number of hydrogen-bond acceptors (Lipinski definition) is 6. The summed E-state index contributed by atoms with van der Waals surface area (Å²) in [5.41, 5.74) is 1.22. The third-order valence-corrected chi connectivity index (χ3v) is 4.43. The van der Waals surface area contributed by atoms with Gasteiger partial charge in [0.15, 0.2) is 5.78 Å². The van der Waals surface area contributed by atoms with E-state index in [1.165, 1.54) is 13.1 Å². The highest BCUT2D eigenvalue weighted by molar-refractivity contribution is 5.93. The molecule has 170 valence electrons. The first-order valence-corrected chi connectivity index (χ1v) is 9.83. The van der Waals surface area contributed by atoms with Crippen LogP contribution in [0.2, 0.25) is 0 Å². The number of carbonyl (C=O) groups excluding carboxylic acids is 3. The van der Waals surface area contributed by atoms with Gasteiger partial charge in [-0.25, -0.2) is 9.59 Å². The van der Waals surface area contributed by atoms with E-state index in [-0.39, 0.29) is 25.2 Å². The van der Waals surface area contributed by atoms with Crippen molar-refractivity contribution in [1.29, 1.82) is 0 Å². The zero-order chi connectivity index (χ0) is 23.4. The van der Waals surface area contributed by atoms with Crippen LogP contribution in [0.15, 0.2) is 18.3 Å². The molecule has 0 saturated carbocycles. The van der Waals surface area contributed by atoms with Gasteiger partial charge >= 0.3 is 18.0 Å². The van der Waals surface area contributed by atoms with Gasteiger partial charge in [-0.1, -0.05) is 0 Å². The molecule has 5 N–H and O–H groups in total. The maximum Gasteiger partial charge on any atom is 0.326 e. The van der Waals surface area contributed by atoms with E-state index < -0.39 is 35.8 Å². The number of carboxylic acid groups (broad SMARTS) is 2. The van der Waals surface area contributed by atoms with Crippen LogP contribution in [0.5, 0.6) is 0 Å². The van der Waals surface area contributed by atoms with Gasteiger partial charge in [0, 0.05) is 24.9 Å². The van der Waals surface area contributed by atoms with Crippen molar-refractivity contribution in [1.82, 2.24) is 20.9 Å². The topological polar surface area (TPSA) is 175 Å². The first-order valence-electron chi connectivity index (χ1n) is 9.83. The molecule has 1 aromatic rings. The fourth-order valence-electron chi connectivity index (χ4n) is 2.64. The van der Waals surface area contributed by atoms with Crippen molar-refractivity contribution in [2.45, 2.75) is 58.0 Å². The van der Waals surface area contributed by atoms with Crippen molar-refractivity contribution >= 4 is 29.7 Å². The fraction of sp³-hybridized carbons (Fsp3) is 0.500. The highest BCUT2D eigenvalue weighted by Gasteiger charge is 2.23. The molecule has 0 aliphatic heterocycles. The van der Waals surface area contributed by atoms with Gasteiger partial charge in [-0.3, -0.25) is 19.4 Å². The Labute approximate surface area is 179 Å². The lowest BCUT2D eigenvalue weighted by Gasteiger charge is -2.19. The molecule has 0 aliphatic carbocycles. The van der Waals surface area contributed by atoms with Crippen LogP contribution in [0.4, 0.5) is 4.79 Å². The third-order valence-electron chi connectivity index (χ3n) is 4.43. The molecule has 3 amide bonds. The average Bonchev–Trinajstić information content (AvgIpc) is 2.69. The van der Waals surface area contributed by atoms with Crippen LogP contribution in [0.25, 0.3) is 0 Å². The number of aliphatic carboxylic acids is 2. The second kappa shape index (κ2) is 12.9. The Kier molecular flexibility index (Phi) is 10.7. The van der Waals surface area contributed by atoms with Crippen LogP contribution in [-0.2, 0) is 14.4 Å². The van der Waals surface area contributed by atoms with E-state index in [0.29, 0.717) is 24.9 Å². The molecule has 0 unspecified atom stereocenters. The quantitative estimate of drug-likeness (QED) is 0.283. The lowest BCUT2D eigenvalue weighted by molar-refractivity contribution is -0.139. The minimum Gasteiger partial charge on any atom is -0.481 e. The highest BCUT2D eigenvalue weighted by Crippen LogP contribution is 2.04. The lowest BCUT2D eigenvalue weighted by Crippen LogP contribution is -2.50. The van der Waals surface area contributed by atoms with Crippen molar-refractivity contribution in [3.8, 4) is 0 Å². The van der Waals surface area contributed by atoms with Gasteiger partial charge in [0.2, 0.25) is 0 Å². The Balaban J connectivity index is 2.41. The summed E-state index contributed by atoms with van der Waals surface area (Å²) in [5, 5.41) is 25.3. The number of nitrogens with one attached hydrogen (secondary N) is 3. The van der Waals surface area contributed by atoms with Crippen LogP contribution >= 0.6 is 0 Å². The molecule has 2 atom stereocenters. The van der Waals surface area contributed by atoms with E-state index in [2.05, 4.69) is 20.9 Å². The van der Waals surface area contributed by atoms with E-state index in [1.807, 2.05) is 6.92 Å². The molecule has 1 heterocycles. The largest absolute Gasteiger partial charge is 0.481 e. The first kappa shape index (κ1) is 25.5. The number of unbranched alkanes of at least 4 members (excludes halogenated alkanes) is 1. The van der Waals surface area contributed by atoms with Crippen molar-refractivity contribution < 1.29 is 34.2 Å². The standard InChI is InChI=1S/C20H28N4O7/c1-12-6-7-14(11-22-12)18(28)21-10-4-3-5-16(19(29)30)24-20(31)23-15(13(2)25)8-9-17(26)27/h6-7,11,15-16H,3-5,8-10H2,1-2H3,(H,21,28)(H,26,27)(H,29,30)(H2,23,24,31)/t15-,16-/m0/s1. The van der Waals surface area contributed by atoms with Gasteiger partial charge in [-0.15, -0.1) is 0 Å². The van der Waals surface area contributed by atoms with Crippen LogP contribution in [0, 0.1) is 6.92 Å². The predicted octanol–water partition coefficient (Wildman–Crippen LogP) is 0.865. The number of rotatable bonds is 13. The highest BCUT2D eigenvalue weighted by atomic mass is 16.4. The molecule has 31 heavy (non-hydrogen) atoms. The second-order valence-electron chi connectivity index (χ2n) is 7.04.